The van der Waals surface area contributed by atoms with Crippen molar-refractivity contribution in [3.63, 3.8) is 0 Å². The van der Waals surface area contributed by atoms with E-state index in [-0.39, 0.29) is 24.8 Å². The molecule has 2 atom stereocenters. The lowest BCUT2D eigenvalue weighted by Gasteiger charge is -2.22. The van der Waals surface area contributed by atoms with Crippen LogP contribution >= 0.6 is 8.60 Å². The highest BCUT2D eigenvalue weighted by atomic mass is 31.2. The normalized spacial score (nSPS) is 24.3. The van der Waals surface area contributed by atoms with Crippen molar-refractivity contribution in [2.75, 3.05) is 13.7 Å². The standard InChI is InChI=1S/C10H18N3O5P/c1-13(5-4-9(11)12-7-14)10-3-2-8(18-10)6-17-19(15)16/h4-5,7-8,10,15-16H,2-3,6H2,1H3,(H2,11,12,14)/b5-4-. The average Bonchev–Trinajstić information content (AvgIpc) is 2.82. The van der Waals surface area contributed by atoms with Gasteiger partial charge in [0, 0.05) is 13.2 Å². The van der Waals surface area contributed by atoms with Crippen molar-refractivity contribution >= 4 is 20.8 Å². The molecule has 1 aliphatic rings. The van der Waals surface area contributed by atoms with Crippen molar-refractivity contribution in [1.29, 1.82) is 0 Å². The van der Waals surface area contributed by atoms with Gasteiger partial charge < -0.3 is 29.7 Å². The number of rotatable bonds is 7. The van der Waals surface area contributed by atoms with Crippen molar-refractivity contribution in [3.8, 4) is 0 Å². The first-order valence-corrected chi connectivity index (χ1v) is 6.82. The zero-order chi connectivity index (χ0) is 14.3. The highest BCUT2D eigenvalue weighted by Crippen LogP contribution is 2.28. The fourth-order valence-corrected chi connectivity index (χ4v) is 1.95. The largest absolute Gasteiger partial charge is 0.384 e. The van der Waals surface area contributed by atoms with Crippen molar-refractivity contribution in [3.05, 3.63) is 12.3 Å². The number of carbonyl (C=O) groups excluding carboxylic acids is 1. The highest BCUT2D eigenvalue weighted by molar-refractivity contribution is 7.39. The van der Waals surface area contributed by atoms with E-state index in [1.165, 1.54) is 6.08 Å². The number of amidine groups is 1. The van der Waals surface area contributed by atoms with Crippen LogP contribution in [0.25, 0.3) is 0 Å². The topological polar surface area (TPSA) is 118 Å². The van der Waals surface area contributed by atoms with Gasteiger partial charge in [-0.05, 0) is 18.9 Å². The maximum atomic E-state index is 10.1. The van der Waals surface area contributed by atoms with Gasteiger partial charge in [-0.1, -0.05) is 0 Å². The van der Waals surface area contributed by atoms with Gasteiger partial charge in [0.25, 0.3) is 0 Å². The molecule has 0 aromatic heterocycles. The number of ether oxygens (including phenoxy) is 1. The van der Waals surface area contributed by atoms with Crippen LogP contribution in [0, 0.1) is 0 Å². The third-order valence-electron chi connectivity index (χ3n) is 2.60. The maximum Gasteiger partial charge on any atom is 0.327 e. The Balaban J connectivity index is 2.37. The predicted octanol–water partition coefficient (Wildman–Crippen LogP) is -0.321. The smallest absolute Gasteiger partial charge is 0.327 e. The first-order valence-electron chi connectivity index (χ1n) is 5.66. The van der Waals surface area contributed by atoms with Crippen LogP contribution < -0.4 is 5.73 Å². The van der Waals surface area contributed by atoms with E-state index in [1.807, 2.05) is 7.05 Å². The summed E-state index contributed by atoms with van der Waals surface area (Å²) in [5, 5.41) is 0. The maximum absolute atomic E-state index is 10.1. The fourth-order valence-electron chi connectivity index (χ4n) is 1.65. The zero-order valence-corrected chi connectivity index (χ0v) is 11.4. The van der Waals surface area contributed by atoms with Crippen LogP contribution in [0.1, 0.15) is 12.8 Å². The summed E-state index contributed by atoms with van der Waals surface area (Å²) in [5.74, 6) is 0.117. The molecule has 1 amide bonds. The molecule has 0 aliphatic carbocycles. The molecule has 1 aliphatic heterocycles. The molecule has 1 fully saturated rings. The van der Waals surface area contributed by atoms with Crippen LogP contribution in [0.2, 0.25) is 0 Å². The monoisotopic (exact) mass is 291 g/mol. The summed E-state index contributed by atoms with van der Waals surface area (Å²) in [7, 11) is -0.530. The van der Waals surface area contributed by atoms with Gasteiger partial charge in [-0.2, -0.15) is 4.99 Å². The minimum absolute atomic E-state index is 0.117. The van der Waals surface area contributed by atoms with Crippen molar-refractivity contribution in [1.82, 2.24) is 4.90 Å². The molecule has 1 rings (SSSR count). The van der Waals surface area contributed by atoms with Gasteiger partial charge in [-0.15, -0.1) is 0 Å². The molecule has 0 aromatic rings. The number of hydrogen-bond donors (Lipinski definition) is 3. The van der Waals surface area contributed by atoms with Gasteiger partial charge in [-0.25, -0.2) is 0 Å². The summed E-state index contributed by atoms with van der Waals surface area (Å²) in [6.07, 6.45) is 4.80. The van der Waals surface area contributed by atoms with Crippen LogP contribution in [-0.2, 0) is 14.1 Å². The number of amides is 1. The summed E-state index contributed by atoms with van der Waals surface area (Å²) in [4.78, 5) is 32.6. The fraction of sp³-hybridized carbons (Fsp3) is 0.600. The van der Waals surface area contributed by atoms with E-state index in [2.05, 4.69) is 4.99 Å². The van der Waals surface area contributed by atoms with E-state index < -0.39 is 8.60 Å². The van der Waals surface area contributed by atoms with E-state index in [9.17, 15) is 4.79 Å². The molecule has 19 heavy (non-hydrogen) atoms. The lowest BCUT2D eigenvalue weighted by Crippen LogP contribution is -2.28. The molecule has 4 N–H and O–H groups in total. The van der Waals surface area contributed by atoms with Gasteiger partial charge in [0.2, 0.25) is 6.41 Å². The van der Waals surface area contributed by atoms with Crippen LogP contribution in [0.5, 0.6) is 0 Å². The van der Waals surface area contributed by atoms with E-state index in [0.717, 1.165) is 12.8 Å². The Morgan fingerprint density at radius 1 is 1.63 bits per heavy atom. The third kappa shape index (κ3) is 6.09. The van der Waals surface area contributed by atoms with E-state index in [1.54, 1.807) is 11.1 Å². The predicted molar refractivity (Wildman–Crippen MR) is 69.8 cm³/mol. The first kappa shape index (κ1) is 16.0. The Labute approximate surface area is 112 Å². The van der Waals surface area contributed by atoms with Crippen LogP contribution in [0.3, 0.4) is 0 Å². The van der Waals surface area contributed by atoms with Crippen LogP contribution in [0.15, 0.2) is 17.3 Å². The van der Waals surface area contributed by atoms with E-state index in [0.29, 0.717) is 6.41 Å². The molecule has 0 aromatic carbocycles. The number of aliphatic imine (C=N–C) groups is 1. The van der Waals surface area contributed by atoms with Gasteiger partial charge in [0.1, 0.15) is 12.1 Å². The number of nitrogens with zero attached hydrogens (tertiary/aromatic N) is 2. The van der Waals surface area contributed by atoms with Crippen LogP contribution in [0.4, 0.5) is 0 Å². The molecule has 8 nitrogen and oxygen atoms in total. The molecule has 0 spiro atoms. The van der Waals surface area contributed by atoms with E-state index in [4.69, 9.17) is 24.8 Å². The van der Waals surface area contributed by atoms with Gasteiger partial charge in [0.15, 0.2) is 0 Å². The molecule has 0 saturated carbocycles. The summed E-state index contributed by atoms with van der Waals surface area (Å²) < 4.78 is 10.4. The second-order valence-corrected chi connectivity index (χ2v) is 4.74. The Morgan fingerprint density at radius 3 is 3.00 bits per heavy atom. The zero-order valence-electron chi connectivity index (χ0n) is 10.5. The second kappa shape index (κ2) is 8.19. The molecule has 9 heteroatoms. The molecule has 108 valence electrons. The SMILES string of the molecule is CN(/C=C\C(N)=NC=O)C1CCC(COP(O)O)O1. The lowest BCUT2D eigenvalue weighted by molar-refractivity contribution is -0.106. The summed E-state index contributed by atoms with van der Waals surface area (Å²) in [5.41, 5.74) is 5.43. The van der Waals surface area contributed by atoms with Gasteiger partial charge in [0.05, 0.1) is 12.7 Å². The average molecular weight is 291 g/mol. The lowest BCUT2D eigenvalue weighted by atomic mass is 10.2. The first-order chi connectivity index (χ1) is 9.02. The summed E-state index contributed by atoms with van der Waals surface area (Å²) in [6, 6.07) is 0. The van der Waals surface area contributed by atoms with E-state index >= 15 is 0 Å². The Morgan fingerprint density at radius 2 is 2.37 bits per heavy atom. The minimum atomic E-state index is -2.34. The number of hydrogen-bond acceptors (Lipinski definition) is 6. The van der Waals surface area contributed by atoms with Crippen LogP contribution in [-0.4, -0.2) is 52.9 Å². The molecule has 1 saturated heterocycles. The van der Waals surface area contributed by atoms with Crippen molar-refractivity contribution in [2.24, 2.45) is 10.7 Å². The molecule has 0 radical (unpaired) electrons. The molecular formula is C10H18N3O5P. The Hall–Kier alpha value is -1.05. The van der Waals surface area contributed by atoms with Crippen molar-refractivity contribution in [2.45, 2.75) is 25.2 Å². The number of nitrogens with two attached hydrogens (primary N) is 1. The Bertz CT molecular complexity index is 350. The van der Waals surface area contributed by atoms with Gasteiger partial charge in [-0.3, -0.25) is 4.79 Å². The second-order valence-electron chi connectivity index (χ2n) is 3.98. The van der Waals surface area contributed by atoms with Gasteiger partial charge >= 0.3 is 8.60 Å². The quantitative estimate of drug-likeness (QED) is 0.254. The highest BCUT2D eigenvalue weighted by Gasteiger charge is 2.27. The summed E-state index contributed by atoms with van der Waals surface area (Å²) in [6.45, 7) is 0.154. The minimum Gasteiger partial charge on any atom is -0.384 e. The molecular weight excluding hydrogens is 273 g/mol. The number of carbonyl (C=O) groups is 1. The molecule has 0 bridgehead atoms. The molecule has 2 unspecified atom stereocenters. The molecule has 1 heterocycles. The Kier molecular flexibility index (Phi) is 6.90. The van der Waals surface area contributed by atoms with Crippen molar-refractivity contribution < 1.29 is 23.8 Å². The third-order valence-corrected chi connectivity index (χ3v) is 2.98. The summed E-state index contributed by atoms with van der Waals surface area (Å²) >= 11 is 0.